The average molecular weight is 270 g/mol. The molecule has 0 spiro atoms. The maximum absolute atomic E-state index is 12.0. The Bertz CT molecular complexity index is 364. The van der Waals surface area contributed by atoms with Crippen molar-refractivity contribution in [3.8, 4) is 5.75 Å². The fraction of sp³-hybridized carbons (Fsp3) is 0.571. The van der Waals surface area contributed by atoms with Crippen molar-refractivity contribution >= 4 is 5.69 Å². The summed E-state index contributed by atoms with van der Waals surface area (Å²) in [6.45, 7) is 1.70. The molecule has 0 unspecified atom stereocenters. The molecule has 5 heteroatoms. The van der Waals surface area contributed by atoms with Gasteiger partial charge in [-0.1, -0.05) is 0 Å². The number of hydrogen-bond acceptors (Lipinski definition) is 3. The highest BCUT2D eigenvalue weighted by molar-refractivity contribution is 5.46. The summed E-state index contributed by atoms with van der Waals surface area (Å²) in [5, 5.41) is 3.28. The van der Waals surface area contributed by atoms with Gasteiger partial charge in [0.05, 0.1) is 0 Å². The van der Waals surface area contributed by atoms with E-state index in [4.69, 9.17) is 0 Å². The summed E-state index contributed by atoms with van der Waals surface area (Å²) >= 11 is 0. The zero-order chi connectivity index (χ0) is 13.5. The fourth-order valence-electron chi connectivity index (χ4n) is 2.30. The second-order valence-corrected chi connectivity index (χ2v) is 4.73. The number of rotatable bonds is 7. The topological polar surface area (TPSA) is 24.5 Å². The van der Waals surface area contributed by atoms with Gasteiger partial charge in [-0.15, -0.1) is 0 Å². The van der Waals surface area contributed by atoms with Gasteiger partial charge in [-0.2, -0.15) is 8.78 Å². The van der Waals surface area contributed by atoms with Crippen molar-refractivity contribution in [2.45, 2.75) is 25.9 Å². The molecule has 3 nitrogen and oxygen atoms in total. The highest BCUT2D eigenvalue weighted by Crippen LogP contribution is 2.17. The Labute approximate surface area is 112 Å². The summed E-state index contributed by atoms with van der Waals surface area (Å²) in [4.78, 5) is 2.47. The number of halogens is 2. The molecule has 0 bridgehead atoms. The lowest BCUT2D eigenvalue weighted by Gasteiger charge is -2.14. The van der Waals surface area contributed by atoms with Gasteiger partial charge in [0.25, 0.3) is 0 Å². The first-order valence-corrected chi connectivity index (χ1v) is 6.75. The summed E-state index contributed by atoms with van der Waals surface area (Å²) in [6.07, 6.45) is 3.73. The van der Waals surface area contributed by atoms with Crippen molar-refractivity contribution in [3.63, 3.8) is 0 Å². The van der Waals surface area contributed by atoms with Crippen molar-refractivity contribution in [2.24, 2.45) is 0 Å². The lowest BCUT2D eigenvalue weighted by atomic mass is 10.3. The maximum atomic E-state index is 12.0. The Kier molecular flexibility index (Phi) is 5.39. The first-order chi connectivity index (χ1) is 9.24. The molecule has 2 rings (SSSR count). The lowest BCUT2D eigenvalue weighted by molar-refractivity contribution is -0.0498. The van der Waals surface area contributed by atoms with Crippen molar-refractivity contribution in [2.75, 3.05) is 31.5 Å². The molecule has 1 aliphatic heterocycles. The van der Waals surface area contributed by atoms with E-state index >= 15 is 0 Å². The van der Waals surface area contributed by atoms with E-state index in [2.05, 4.69) is 15.0 Å². The lowest BCUT2D eigenvalue weighted by Crippen LogP contribution is -2.22. The van der Waals surface area contributed by atoms with Crippen LogP contribution in [-0.2, 0) is 0 Å². The van der Waals surface area contributed by atoms with Crippen molar-refractivity contribution in [1.29, 1.82) is 0 Å². The van der Waals surface area contributed by atoms with Crippen molar-refractivity contribution in [3.05, 3.63) is 24.3 Å². The molecule has 1 aliphatic rings. The highest BCUT2D eigenvalue weighted by Gasteiger charge is 2.10. The van der Waals surface area contributed by atoms with E-state index < -0.39 is 6.61 Å². The third-order valence-electron chi connectivity index (χ3n) is 3.26. The molecule has 0 radical (unpaired) electrons. The molecule has 0 aromatic heterocycles. The zero-order valence-electron chi connectivity index (χ0n) is 10.9. The summed E-state index contributed by atoms with van der Waals surface area (Å²) in [6, 6.07) is 6.62. The normalized spacial score (nSPS) is 15.9. The molecule has 1 N–H and O–H groups in total. The zero-order valence-corrected chi connectivity index (χ0v) is 10.9. The van der Waals surface area contributed by atoms with E-state index in [-0.39, 0.29) is 5.75 Å². The number of likely N-dealkylation sites (tertiary alicyclic amines) is 1. The van der Waals surface area contributed by atoms with Crippen LogP contribution >= 0.6 is 0 Å². The van der Waals surface area contributed by atoms with Gasteiger partial charge in [0.2, 0.25) is 0 Å². The quantitative estimate of drug-likeness (QED) is 0.770. The van der Waals surface area contributed by atoms with Gasteiger partial charge >= 0.3 is 6.61 Å². The maximum Gasteiger partial charge on any atom is 0.387 e. The fourth-order valence-corrected chi connectivity index (χ4v) is 2.30. The van der Waals surface area contributed by atoms with Crippen LogP contribution in [0.1, 0.15) is 19.3 Å². The van der Waals surface area contributed by atoms with Crippen LogP contribution in [0.25, 0.3) is 0 Å². The minimum atomic E-state index is -2.76. The number of benzene rings is 1. The minimum absolute atomic E-state index is 0.192. The minimum Gasteiger partial charge on any atom is -0.435 e. The largest absolute Gasteiger partial charge is 0.435 e. The van der Waals surface area contributed by atoms with Crippen LogP contribution < -0.4 is 10.1 Å². The van der Waals surface area contributed by atoms with E-state index in [9.17, 15) is 8.78 Å². The first kappa shape index (κ1) is 14.1. The van der Waals surface area contributed by atoms with E-state index in [0.29, 0.717) is 0 Å². The summed E-state index contributed by atoms with van der Waals surface area (Å²) < 4.78 is 28.2. The standard InChI is InChI=1S/C14H20F2N2O/c15-14(16)19-13-6-4-12(5-7-13)17-8-3-11-18-9-1-2-10-18/h4-7,14,17H,1-3,8-11H2. The Morgan fingerprint density at radius 3 is 2.47 bits per heavy atom. The van der Waals surface area contributed by atoms with E-state index in [0.717, 1.165) is 25.2 Å². The molecular formula is C14H20F2N2O. The molecule has 1 aromatic carbocycles. The molecule has 1 fully saturated rings. The van der Waals surface area contributed by atoms with Crippen LogP contribution in [0.5, 0.6) is 5.75 Å². The van der Waals surface area contributed by atoms with Crippen LogP contribution in [0.15, 0.2) is 24.3 Å². The van der Waals surface area contributed by atoms with E-state index in [1.165, 1.54) is 25.9 Å². The van der Waals surface area contributed by atoms with Gasteiger partial charge in [-0.05, 0) is 63.2 Å². The number of ether oxygens (including phenoxy) is 1. The number of alkyl halides is 2. The number of hydrogen-bond donors (Lipinski definition) is 1. The Balaban J connectivity index is 1.65. The second kappa shape index (κ2) is 7.28. The third kappa shape index (κ3) is 5.03. The van der Waals surface area contributed by atoms with E-state index in [1.807, 2.05) is 0 Å². The number of nitrogens with one attached hydrogen (secondary N) is 1. The van der Waals surface area contributed by atoms with Crippen LogP contribution in [0.3, 0.4) is 0 Å². The van der Waals surface area contributed by atoms with Crippen molar-refractivity contribution < 1.29 is 13.5 Å². The van der Waals surface area contributed by atoms with Crippen LogP contribution in [-0.4, -0.2) is 37.7 Å². The summed E-state index contributed by atoms with van der Waals surface area (Å²) in [5.41, 5.74) is 0.933. The van der Waals surface area contributed by atoms with Gasteiger partial charge < -0.3 is 15.0 Å². The molecule has 0 aliphatic carbocycles. The van der Waals surface area contributed by atoms with Gasteiger partial charge in [0, 0.05) is 12.2 Å². The van der Waals surface area contributed by atoms with Crippen LogP contribution in [0.4, 0.5) is 14.5 Å². The molecule has 0 amide bonds. The molecule has 19 heavy (non-hydrogen) atoms. The molecule has 0 saturated carbocycles. The predicted molar refractivity (Wildman–Crippen MR) is 71.9 cm³/mol. The number of anilines is 1. The molecule has 0 atom stereocenters. The average Bonchev–Trinajstić information content (AvgIpc) is 2.89. The van der Waals surface area contributed by atoms with Gasteiger partial charge in [0.15, 0.2) is 0 Å². The Hall–Kier alpha value is -1.36. The summed E-state index contributed by atoms with van der Waals surface area (Å²) in [7, 11) is 0. The third-order valence-corrected chi connectivity index (χ3v) is 3.26. The molecular weight excluding hydrogens is 250 g/mol. The van der Waals surface area contributed by atoms with Crippen molar-refractivity contribution in [1.82, 2.24) is 4.90 Å². The van der Waals surface area contributed by atoms with Gasteiger partial charge in [-0.25, -0.2) is 0 Å². The molecule has 106 valence electrons. The Morgan fingerprint density at radius 2 is 1.84 bits per heavy atom. The highest BCUT2D eigenvalue weighted by atomic mass is 19.3. The monoisotopic (exact) mass is 270 g/mol. The van der Waals surface area contributed by atoms with Crippen LogP contribution in [0.2, 0.25) is 0 Å². The van der Waals surface area contributed by atoms with Crippen LogP contribution in [0, 0.1) is 0 Å². The molecule has 1 aromatic rings. The predicted octanol–water partition coefficient (Wildman–Crippen LogP) is 3.19. The molecule has 1 heterocycles. The summed E-state index contributed by atoms with van der Waals surface area (Å²) in [5.74, 6) is 0.192. The van der Waals surface area contributed by atoms with E-state index in [1.54, 1.807) is 24.3 Å². The van der Waals surface area contributed by atoms with Gasteiger partial charge in [0.1, 0.15) is 5.75 Å². The van der Waals surface area contributed by atoms with Gasteiger partial charge in [-0.3, -0.25) is 0 Å². The smallest absolute Gasteiger partial charge is 0.387 e. The second-order valence-electron chi connectivity index (χ2n) is 4.73. The molecule has 1 saturated heterocycles. The SMILES string of the molecule is FC(F)Oc1ccc(NCCCN2CCCC2)cc1. The number of nitrogens with zero attached hydrogens (tertiary/aromatic N) is 1. The Morgan fingerprint density at radius 1 is 1.16 bits per heavy atom. The first-order valence-electron chi connectivity index (χ1n) is 6.75.